The van der Waals surface area contributed by atoms with Gasteiger partial charge in [0.2, 0.25) is 0 Å². The lowest BCUT2D eigenvalue weighted by atomic mass is 9.47. The molecule has 0 radical (unpaired) electrons. The second kappa shape index (κ2) is 9.59. The minimum absolute atomic E-state index is 0.0383. The van der Waals surface area contributed by atoms with Crippen LogP contribution in [0, 0.1) is 51.8 Å². The van der Waals surface area contributed by atoms with Crippen LogP contribution >= 0.6 is 0 Å². The molecule has 3 fully saturated rings. The summed E-state index contributed by atoms with van der Waals surface area (Å²) in [6.45, 7) is 18.4. The molecule has 2 nitrogen and oxygen atoms in total. The molecule has 0 saturated heterocycles. The van der Waals surface area contributed by atoms with E-state index in [1.807, 2.05) is 20.8 Å². The van der Waals surface area contributed by atoms with E-state index in [2.05, 4.69) is 40.7 Å². The van der Waals surface area contributed by atoms with Crippen molar-refractivity contribution in [2.75, 3.05) is 0 Å². The molecule has 0 aromatic rings. The predicted molar refractivity (Wildman–Crippen MR) is 142 cm³/mol. The topological polar surface area (TPSA) is 26.3 Å². The molecule has 0 bridgehead atoms. The Morgan fingerprint density at radius 2 is 1.79 bits per heavy atom. The fourth-order valence-corrected chi connectivity index (χ4v) is 8.66. The van der Waals surface area contributed by atoms with Gasteiger partial charge in [-0.05, 0) is 118 Å². The Kier molecular flexibility index (Phi) is 7.41. The minimum Gasteiger partial charge on any atom is -0.462 e. The van der Waals surface area contributed by atoms with Gasteiger partial charge in [-0.15, -0.1) is 0 Å². The van der Waals surface area contributed by atoms with Gasteiger partial charge in [-0.1, -0.05) is 59.1 Å². The first kappa shape index (κ1) is 26.3. The zero-order valence-electron chi connectivity index (χ0n) is 23.7. The maximum Gasteiger partial charge on any atom is 0.311 e. The highest BCUT2D eigenvalue weighted by molar-refractivity contribution is 5.75. The predicted octanol–water partition coefficient (Wildman–Crippen LogP) is 8.99. The summed E-state index contributed by atoms with van der Waals surface area (Å²) in [5.41, 5.74) is 2.11. The number of hydrogen-bond acceptors (Lipinski definition) is 2. The fourth-order valence-electron chi connectivity index (χ4n) is 8.66. The van der Waals surface area contributed by atoms with Crippen LogP contribution in [0.3, 0.4) is 0 Å². The zero-order chi connectivity index (χ0) is 24.9. The van der Waals surface area contributed by atoms with Crippen LogP contribution in [0.1, 0.15) is 126 Å². The lowest BCUT2D eigenvalue weighted by Crippen LogP contribution is -2.50. The molecule has 4 aliphatic rings. The van der Waals surface area contributed by atoms with E-state index >= 15 is 0 Å². The van der Waals surface area contributed by atoms with Gasteiger partial charge in [0.25, 0.3) is 0 Å². The first-order chi connectivity index (χ1) is 15.9. The van der Waals surface area contributed by atoms with Gasteiger partial charge < -0.3 is 4.74 Å². The zero-order valence-corrected chi connectivity index (χ0v) is 23.7. The van der Waals surface area contributed by atoms with Crippen LogP contribution in [0.4, 0.5) is 0 Å². The van der Waals surface area contributed by atoms with E-state index in [-0.39, 0.29) is 12.1 Å². The molecule has 0 heterocycles. The summed E-state index contributed by atoms with van der Waals surface area (Å²) in [5.74, 6) is 5.22. The minimum atomic E-state index is -0.410. The third-order valence-electron chi connectivity index (χ3n) is 11.5. The van der Waals surface area contributed by atoms with E-state index in [0.29, 0.717) is 10.8 Å². The quantitative estimate of drug-likeness (QED) is 0.286. The van der Waals surface area contributed by atoms with Crippen molar-refractivity contribution >= 4 is 5.97 Å². The Labute approximate surface area is 211 Å². The van der Waals surface area contributed by atoms with Crippen LogP contribution in [0.2, 0.25) is 0 Å². The first-order valence-corrected chi connectivity index (χ1v) is 14.8. The second-order valence-corrected chi connectivity index (χ2v) is 14.8. The van der Waals surface area contributed by atoms with E-state index in [1.165, 1.54) is 57.8 Å². The van der Waals surface area contributed by atoms with Gasteiger partial charge in [0.05, 0.1) is 5.41 Å². The van der Waals surface area contributed by atoms with Crippen molar-refractivity contribution in [3.05, 3.63) is 11.6 Å². The summed E-state index contributed by atoms with van der Waals surface area (Å²) in [4.78, 5) is 12.5. The average molecular weight is 471 g/mol. The number of hydrogen-bond donors (Lipinski definition) is 0. The van der Waals surface area contributed by atoms with Crippen molar-refractivity contribution in [3.63, 3.8) is 0 Å². The van der Waals surface area contributed by atoms with Crippen molar-refractivity contribution in [2.45, 2.75) is 132 Å². The van der Waals surface area contributed by atoms with E-state index in [1.54, 1.807) is 5.57 Å². The van der Waals surface area contributed by atoms with E-state index in [0.717, 1.165) is 48.3 Å². The molecule has 194 valence electrons. The van der Waals surface area contributed by atoms with Crippen LogP contribution in [-0.4, -0.2) is 12.1 Å². The summed E-state index contributed by atoms with van der Waals surface area (Å²) in [7, 11) is 0. The molecule has 0 spiro atoms. The normalized spacial score (nSPS) is 40.7. The molecule has 2 heteroatoms. The smallest absolute Gasteiger partial charge is 0.311 e. The molecule has 0 amide bonds. The Balaban J connectivity index is 1.41. The van der Waals surface area contributed by atoms with E-state index in [4.69, 9.17) is 4.74 Å². The summed E-state index contributed by atoms with van der Waals surface area (Å²) < 4.78 is 5.97. The summed E-state index contributed by atoms with van der Waals surface area (Å²) in [6, 6.07) is 0. The Morgan fingerprint density at radius 1 is 1.06 bits per heavy atom. The largest absolute Gasteiger partial charge is 0.462 e. The van der Waals surface area contributed by atoms with Crippen LogP contribution < -0.4 is 0 Å². The molecule has 0 aromatic heterocycles. The van der Waals surface area contributed by atoms with Gasteiger partial charge >= 0.3 is 5.97 Å². The highest BCUT2D eigenvalue weighted by Gasteiger charge is 2.58. The Bertz CT molecular complexity index is 772. The lowest BCUT2D eigenvalue weighted by molar-refractivity contribution is -0.161. The van der Waals surface area contributed by atoms with Gasteiger partial charge in [-0.2, -0.15) is 0 Å². The average Bonchev–Trinajstić information content (AvgIpc) is 3.09. The number of fused-ring (bicyclic) bond motifs is 5. The number of rotatable bonds is 6. The molecule has 8 atom stereocenters. The molecular formula is C32H54O2. The van der Waals surface area contributed by atoms with Crippen molar-refractivity contribution < 1.29 is 9.53 Å². The maximum absolute atomic E-state index is 12.5. The van der Waals surface area contributed by atoms with Crippen molar-refractivity contribution in [2.24, 2.45) is 51.8 Å². The molecular weight excluding hydrogens is 416 g/mol. The number of esters is 1. The van der Waals surface area contributed by atoms with E-state index in [9.17, 15) is 4.79 Å². The standard InChI is InChI=1S/C32H54O2/c1-21(2)22(3)10-9-11-23-13-15-27-26-14-12-24-20-25(34-29(33)30(4,5)6)16-18-32(24,8)28(26)17-19-31(23,27)7/h12,21-23,25-28H,9-11,13-20H2,1-8H3. The first-order valence-electron chi connectivity index (χ1n) is 14.8. The number of ether oxygens (including phenoxy) is 1. The van der Waals surface area contributed by atoms with Crippen LogP contribution in [0.15, 0.2) is 11.6 Å². The molecule has 0 aromatic carbocycles. The van der Waals surface area contributed by atoms with Crippen LogP contribution in [-0.2, 0) is 9.53 Å². The Morgan fingerprint density at radius 3 is 2.47 bits per heavy atom. The third kappa shape index (κ3) is 4.78. The lowest BCUT2D eigenvalue weighted by Gasteiger charge is -2.58. The molecule has 8 unspecified atom stereocenters. The van der Waals surface area contributed by atoms with Crippen molar-refractivity contribution in [3.8, 4) is 0 Å². The summed E-state index contributed by atoms with van der Waals surface area (Å²) in [5, 5.41) is 0. The van der Waals surface area contributed by atoms with Gasteiger partial charge in [-0.25, -0.2) is 0 Å². The second-order valence-electron chi connectivity index (χ2n) is 14.8. The third-order valence-corrected chi connectivity index (χ3v) is 11.5. The van der Waals surface area contributed by atoms with Crippen molar-refractivity contribution in [1.29, 1.82) is 0 Å². The maximum atomic E-state index is 12.5. The van der Waals surface area contributed by atoms with Crippen LogP contribution in [0.25, 0.3) is 0 Å². The van der Waals surface area contributed by atoms with Gasteiger partial charge in [0.1, 0.15) is 6.10 Å². The Hall–Kier alpha value is -0.790. The van der Waals surface area contributed by atoms with Gasteiger partial charge in [0, 0.05) is 6.42 Å². The number of allylic oxidation sites excluding steroid dienone is 1. The van der Waals surface area contributed by atoms with Gasteiger partial charge in [0.15, 0.2) is 0 Å². The highest BCUT2D eigenvalue weighted by atomic mass is 16.5. The number of carbonyl (C=O) groups excluding carboxylic acids is 1. The SMILES string of the molecule is CC(C)C(C)CCCC1CCC2C3CC=C4CC(OC(=O)C(C)(C)C)CCC4(C)C3CCC12C. The van der Waals surface area contributed by atoms with Crippen LogP contribution in [0.5, 0.6) is 0 Å². The molecule has 3 saturated carbocycles. The van der Waals surface area contributed by atoms with E-state index < -0.39 is 5.41 Å². The summed E-state index contributed by atoms with van der Waals surface area (Å²) in [6.07, 6.45) is 17.3. The van der Waals surface area contributed by atoms with Gasteiger partial charge in [-0.3, -0.25) is 4.79 Å². The molecule has 4 rings (SSSR count). The number of carbonyl (C=O) groups is 1. The highest BCUT2D eigenvalue weighted by Crippen LogP contribution is 2.66. The monoisotopic (exact) mass is 470 g/mol. The molecule has 0 N–H and O–H groups in total. The molecule has 4 aliphatic carbocycles. The molecule has 0 aliphatic heterocycles. The summed E-state index contributed by atoms with van der Waals surface area (Å²) >= 11 is 0. The molecule has 34 heavy (non-hydrogen) atoms. The van der Waals surface area contributed by atoms with Crippen molar-refractivity contribution in [1.82, 2.24) is 0 Å². The fraction of sp³-hybridized carbons (Fsp3) is 0.906.